The molecule has 2 N–H and O–H groups in total. The van der Waals surface area contributed by atoms with Crippen molar-refractivity contribution < 1.29 is 4.79 Å². The van der Waals surface area contributed by atoms with Crippen molar-refractivity contribution in [2.45, 2.75) is 32.7 Å². The van der Waals surface area contributed by atoms with Gasteiger partial charge >= 0.3 is 0 Å². The normalized spacial score (nSPS) is 16.7. The van der Waals surface area contributed by atoms with Crippen molar-refractivity contribution in [1.29, 1.82) is 0 Å². The Bertz CT molecular complexity index is 1010. The van der Waals surface area contributed by atoms with Crippen molar-refractivity contribution in [3.05, 3.63) is 70.2 Å². The smallest absolute Gasteiger partial charge is 0.251 e. The van der Waals surface area contributed by atoms with Crippen LogP contribution in [0.15, 0.2) is 48.5 Å². The van der Waals surface area contributed by atoms with Gasteiger partial charge < -0.3 is 10.2 Å². The van der Waals surface area contributed by atoms with Gasteiger partial charge in [-0.3, -0.25) is 9.89 Å². The number of rotatable bonds is 4. The summed E-state index contributed by atoms with van der Waals surface area (Å²) in [6.45, 7) is 5.67. The van der Waals surface area contributed by atoms with Gasteiger partial charge in [0.25, 0.3) is 5.91 Å². The van der Waals surface area contributed by atoms with Gasteiger partial charge in [-0.15, -0.1) is 0 Å². The summed E-state index contributed by atoms with van der Waals surface area (Å²) in [5.41, 5.74) is 4.85. The molecule has 1 aliphatic heterocycles. The van der Waals surface area contributed by atoms with E-state index in [1.165, 1.54) is 0 Å². The van der Waals surface area contributed by atoms with Gasteiger partial charge in [-0.25, -0.2) is 0 Å². The third-order valence-electron chi connectivity index (χ3n) is 5.44. The topological polar surface area (TPSA) is 61.0 Å². The minimum Gasteiger partial charge on any atom is -0.353 e. The number of piperidine rings is 1. The van der Waals surface area contributed by atoms with Crippen LogP contribution in [0.2, 0.25) is 5.02 Å². The molecule has 1 atom stereocenters. The molecule has 5 nitrogen and oxygen atoms in total. The quantitative estimate of drug-likeness (QED) is 0.655. The second-order valence-electron chi connectivity index (χ2n) is 7.72. The van der Waals surface area contributed by atoms with Gasteiger partial charge in [0, 0.05) is 35.8 Å². The highest BCUT2D eigenvalue weighted by Gasteiger charge is 2.24. The highest BCUT2D eigenvalue weighted by Crippen LogP contribution is 2.25. The van der Waals surface area contributed by atoms with Crippen LogP contribution in [0.1, 0.15) is 34.3 Å². The molecule has 1 amide bonds. The second-order valence-corrected chi connectivity index (χ2v) is 8.16. The van der Waals surface area contributed by atoms with E-state index in [4.69, 9.17) is 11.6 Å². The van der Waals surface area contributed by atoms with E-state index in [9.17, 15) is 4.79 Å². The number of aromatic nitrogens is 2. The number of nitrogens with one attached hydrogen (secondary N) is 2. The number of aromatic amines is 1. The third-order valence-corrected chi connectivity index (χ3v) is 5.69. The first-order chi connectivity index (χ1) is 14.0. The largest absolute Gasteiger partial charge is 0.353 e. The van der Waals surface area contributed by atoms with Crippen LogP contribution in [0.3, 0.4) is 0 Å². The first kappa shape index (κ1) is 19.5. The Morgan fingerprint density at radius 2 is 1.97 bits per heavy atom. The van der Waals surface area contributed by atoms with Crippen LogP contribution in [0, 0.1) is 13.8 Å². The molecule has 0 saturated carbocycles. The van der Waals surface area contributed by atoms with Gasteiger partial charge in [0.1, 0.15) is 0 Å². The first-order valence-electron chi connectivity index (χ1n) is 9.94. The van der Waals surface area contributed by atoms with E-state index in [-0.39, 0.29) is 11.9 Å². The lowest BCUT2D eigenvalue weighted by Crippen LogP contribution is -2.48. The van der Waals surface area contributed by atoms with Crippen LogP contribution < -0.4 is 10.2 Å². The van der Waals surface area contributed by atoms with Gasteiger partial charge in [0.2, 0.25) is 0 Å². The SMILES string of the molecule is Cc1ccc(C)c(C(=O)N[C@@H]2CCCN(c3cc(-c4ccc(Cl)cc4)[nH]n3)C2)c1. The van der Waals surface area contributed by atoms with Gasteiger partial charge in [-0.1, -0.05) is 41.4 Å². The molecule has 2 aromatic carbocycles. The average Bonchev–Trinajstić information content (AvgIpc) is 3.21. The Kier molecular flexibility index (Phi) is 5.58. The lowest BCUT2D eigenvalue weighted by atomic mass is 10.0. The van der Waals surface area contributed by atoms with E-state index in [1.807, 2.05) is 56.3 Å². The minimum atomic E-state index is 0.00179. The second kappa shape index (κ2) is 8.29. The molecule has 1 saturated heterocycles. The van der Waals surface area contributed by atoms with Gasteiger partial charge in [-0.05, 0) is 56.0 Å². The molecule has 3 aromatic rings. The fourth-order valence-electron chi connectivity index (χ4n) is 3.80. The molecule has 150 valence electrons. The number of amides is 1. The third kappa shape index (κ3) is 4.46. The summed E-state index contributed by atoms with van der Waals surface area (Å²) in [4.78, 5) is 15.0. The molecule has 0 radical (unpaired) electrons. The Hall–Kier alpha value is -2.79. The predicted molar refractivity (Wildman–Crippen MR) is 118 cm³/mol. The van der Waals surface area contributed by atoms with Crippen LogP contribution in [0.25, 0.3) is 11.3 Å². The van der Waals surface area contributed by atoms with Crippen LogP contribution in [-0.4, -0.2) is 35.2 Å². The van der Waals surface area contributed by atoms with Crippen LogP contribution in [0.4, 0.5) is 5.82 Å². The highest BCUT2D eigenvalue weighted by molar-refractivity contribution is 6.30. The standard InChI is InChI=1S/C23H25ClN4O/c1-15-5-6-16(2)20(12-15)23(29)25-19-4-3-11-28(14-19)22-13-21(26-27-22)17-7-9-18(24)10-8-17/h5-10,12-13,19H,3-4,11,14H2,1-2H3,(H,25,29)(H,26,27)/t19-/m1/s1. The summed E-state index contributed by atoms with van der Waals surface area (Å²) in [5, 5.41) is 11.5. The maximum absolute atomic E-state index is 12.8. The summed E-state index contributed by atoms with van der Waals surface area (Å²) in [6, 6.07) is 15.8. The molecule has 1 aliphatic rings. The number of H-pyrrole nitrogens is 1. The van der Waals surface area contributed by atoms with Crippen molar-refractivity contribution >= 4 is 23.3 Å². The Morgan fingerprint density at radius 3 is 2.76 bits per heavy atom. The maximum atomic E-state index is 12.8. The number of carbonyl (C=O) groups is 1. The molecule has 0 aliphatic carbocycles. The molecular weight excluding hydrogens is 384 g/mol. The number of hydrogen-bond donors (Lipinski definition) is 2. The molecule has 1 aromatic heterocycles. The molecule has 0 bridgehead atoms. The number of carbonyl (C=O) groups excluding carboxylic acids is 1. The zero-order valence-electron chi connectivity index (χ0n) is 16.7. The van der Waals surface area contributed by atoms with Gasteiger partial charge in [0.05, 0.1) is 5.69 Å². The van der Waals surface area contributed by atoms with Crippen LogP contribution >= 0.6 is 11.6 Å². The first-order valence-corrected chi connectivity index (χ1v) is 10.3. The van der Waals surface area contributed by atoms with Crippen LogP contribution in [0.5, 0.6) is 0 Å². The monoisotopic (exact) mass is 408 g/mol. The number of halogens is 1. The number of anilines is 1. The zero-order valence-corrected chi connectivity index (χ0v) is 17.5. The van der Waals surface area contributed by atoms with E-state index in [1.54, 1.807) is 0 Å². The van der Waals surface area contributed by atoms with Crippen molar-refractivity contribution in [3.8, 4) is 11.3 Å². The summed E-state index contributed by atoms with van der Waals surface area (Å²) >= 11 is 5.98. The van der Waals surface area contributed by atoms with E-state index >= 15 is 0 Å². The zero-order chi connectivity index (χ0) is 20.4. The van der Waals surface area contributed by atoms with Crippen molar-refractivity contribution in [2.24, 2.45) is 0 Å². The number of hydrogen-bond acceptors (Lipinski definition) is 3. The van der Waals surface area contributed by atoms with Crippen LogP contribution in [-0.2, 0) is 0 Å². The minimum absolute atomic E-state index is 0.00179. The Labute approximate surface area is 176 Å². The molecule has 2 heterocycles. The van der Waals surface area contributed by atoms with Crippen molar-refractivity contribution in [1.82, 2.24) is 15.5 Å². The molecule has 1 fully saturated rings. The summed E-state index contributed by atoms with van der Waals surface area (Å²) in [6.07, 6.45) is 1.99. The summed E-state index contributed by atoms with van der Waals surface area (Å²) in [7, 11) is 0. The molecule has 0 spiro atoms. The molecule has 6 heteroatoms. The average molecular weight is 409 g/mol. The Morgan fingerprint density at radius 1 is 1.17 bits per heavy atom. The summed E-state index contributed by atoms with van der Waals surface area (Å²) in [5.74, 6) is 0.905. The Balaban J connectivity index is 1.44. The van der Waals surface area contributed by atoms with E-state index < -0.39 is 0 Å². The van der Waals surface area contributed by atoms with Gasteiger partial charge in [0.15, 0.2) is 5.82 Å². The van der Waals surface area contributed by atoms with E-state index in [0.717, 1.165) is 59.7 Å². The predicted octanol–water partition coefficient (Wildman–Crippen LogP) is 4.75. The molecular formula is C23H25ClN4O. The number of benzene rings is 2. The molecule has 29 heavy (non-hydrogen) atoms. The summed E-state index contributed by atoms with van der Waals surface area (Å²) < 4.78 is 0. The van der Waals surface area contributed by atoms with E-state index in [2.05, 4.69) is 26.5 Å². The van der Waals surface area contributed by atoms with E-state index in [0.29, 0.717) is 5.02 Å². The maximum Gasteiger partial charge on any atom is 0.251 e. The lowest BCUT2D eigenvalue weighted by molar-refractivity contribution is 0.0932. The van der Waals surface area contributed by atoms with Gasteiger partial charge in [-0.2, -0.15) is 5.10 Å². The lowest BCUT2D eigenvalue weighted by Gasteiger charge is -2.33. The number of nitrogens with zero attached hydrogens (tertiary/aromatic N) is 2. The number of aryl methyl sites for hydroxylation is 2. The fraction of sp³-hybridized carbons (Fsp3) is 0.304. The van der Waals surface area contributed by atoms with Crippen molar-refractivity contribution in [2.75, 3.05) is 18.0 Å². The van der Waals surface area contributed by atoms with Crippen molar-refractivity contribution in [3.63, 3.8) is 0 Å². The fourth-order valence-corrected chi connectivity index (χ4v) is 3.92. The molecule has 0 unspecified atom stereocenters. The molecule has 4 rings (SSSR count). The highest BCUT2D eigenvalue weighted by atomic mass is 35.5.